The molecular formula is C17H25N3S. The van der Waals surface area contributed by atoms with Crippen LogP contribution >= 0.6 is 11.8 Å². The Bertz CT molecular complexity index is 487. The van der Waals surface area contributed by atoms with Gasteiger partial charge in [-0.1, -0.05) is 13.0 Å². The standard InChI is InChI=1S/C17H25N3S/c1-3-21-17-6-4-5-16(15(17)13-18)20-11-8-14(9-12-20)7-10-19-2/h4-6,14,19H,3,7-12H2,1-2H3. The van der Waals surface area contributed by atoms with Crippen molar-refractivity contribution in [3.8, 4) is 6.07 Å². The summed E-state index contributed by atoms with van der Waals surface area (Å²) in [5.41, 5.74) is 1.99. The molecule has 1 aliphatic rings. The van der Waals surface area contributed by atoms with Crippen LogP contribution in [0.15, 0.2) is 23.1 Å². The minimum Gasteiger partial charge on any atom is -0.370 e. The molecule has 0 aromatic heterocycles. The highest BCUT2D eigenvalue weighted by atomic mass is 32.2. The maximum atomic E-state index is 9.53. The Morgan fingerprint density at radius 1 is 1.38 bits per heavy atom. The van der Waals surface area contributed by atoms with Crippen LogP contribution in [0.1, 0.15) is 31.7 Å². The number of piperidine rings is 1. The lowest BCUT2D eigenvalue weighted by molar-refractivity contribution is 0.378. The number of hydrogen-bond acceptors (Lipinski definition) is 4. The average Bonchev–Trinajstić information content (AvgIpc) is 2.53. The van der Waals surface area contributed by atoms with Gasteiger partial charge in [-0.2, -0.15) is 5.26 Å². The maximum Gasteiger partial charge on any atom is 0.103 e. The molecule has 21 heavy (non-hydrogen) atoms. The summed E-state index contributed by atoms with van der Waals surface area (Å²) in [6, 6.07) is 8.67. The van der Waals surface area contributed by atoms with Crippen LogP contribution in [0.2, 0.25) is 0 Å². The van der Waals surface area contributed by atoms with Gasteiger partial charge in [0, 0.05) is 18.0 Å². The highest BCUT2D eigenvalue weighted by Gasteiger charge is 2.21. The molecule has 2 rings (SSSR count). The van der Waals surface area contributed by atoms with E-state index < -0.39 is 0 Å². The largest absolute Gasteiger partial charge is 0.370 e. The van der Waals surface area contributed by atoms with Crippen molar-refractivity contribution >= 4 is 17.4 Å². The van der Waals surface area contributed by atoms with E-state index in [0.717, 1.165) is 47.5 Å². The lowest BCUT2D eigenvalue weighted by atomic mass is 9.93. The smallest absolute Gasteiger partial charge is 0.103 e. The lowest BCUT2D eigenvalue weighted by Gasteiger charge is -2.34. The van der Waals surface area contributed by atoms with Crippen LogP contribution < -0.4 is 10.2 Å². The first-order valence-corrected chi connectivity index (χ1v) is 8.84. The van der Waals surface area contributed by atoms with Crippen molar-refractivity contribution in [2.45, 2.75) is 31.1 Å². The molecule has 0 unspecified atom stereocenters. The minimum absolute atomic E-state index is 0.826. The van der Waals surface area contributed by atoms with E-state index in [4.69, 9.17) is 0 Å². The van der Waals surface area contributed by atoms with E-state index >= 15 is 0 Å². The van der Waals surface area contributed by atoms with Crippen molar-refractivity contribution in [1.82, 2.24) is 5.32 Å². The molecule has 0 bridgehead atoms. The number of thioether (sulfide) groups is 1. The van der Waals surface area contributed by atoms with Crippen LogP contribution in [0.5, 0.6) is 0 Å². The summed E-state index contributed by atoms with van der Waals surface area (Å²) in [4.78, 5) is 3.52. The summed E-state index contributed by atoms with van der Waals surface area (Å²) in [7, 11) is 2.02. The molecule has 4 heteroatoms. The first-order chi connectivity index (χ1) is 10.3. The molecule has 1 N–H and O–H groups in total. The van der Waals surface area contributed by atoms with Gasteiger partial charge in [-0.15, -0.1) is 11.8 Å². The van der Waals surface area contributed by atoms with Crippen molar-refractivity contribution < 1.29 is 0 Å². The van der Waals surface area contributed by atoms with E-state index in [1.807, 2.05) is 7.05 Å². The quantitative estimate of drug-likeness (QED) is 0.817. The normalized spacial score (nSPS) is 16.0. The summed E-state index contributed by atoms with van der Waals surface area (Å²) >= 11 is 1.76. The van der Waals surface area contributed by atoms with Gasteiger partial charge in [0.15, 0.2) is 0 Å². The van der Waals surface area contributed by atoms with Crippen LogP contribution in [0, 0.1) is 17.2 Å². The van der Waals surface area contributed by atoms with Gasteiger partial charge in [-0.25, -0.2) is 0 Å². The second kappa shape index (κ2) is 8.31. The molecule has 0 amide bonds. The number of nitrogens with one attached hydrogen (secondary N) is 1. The number of benzene rings is 1. The summed E-state index contributed by atoms with van der Waals surface area (Å²) in [6.45, 7) is 5.38. The van der Waals surface area contributed by atoms with E-state index in [1.165, 1.54) is 19.3 Å². The Labute approximate surface area is 132 Å². The molecular weight excluding hydrogens is 278 g/mol. The van der Waals surface area contributed by atoms with Gasteiger partial charge >= 0.3 is 0 Å². The van der Waals surface area contributed by atoms with E-state index in [1.54, 1.807) is 11.8 Å². The molecule has 1 heterocycles. The zero-order valence-corrected chi connectivity index (χ0v) is 13.9. The van der Waals surface area contributed by atoms with Gasteiger partial charge in [0.2, 0.25) is 0 Å². The van der Waals surface area contributed by atoms with E-state index in [2.05, 4.69) is 41.4 Å². The fourth-order valence-electron chi connectivity index (χ4n) is 2.98. The highest BCUT2D eigenvalue weighted by molar-refractivity contribution is 7.99. The first kappa shape index (κ1) is 16.2. The summed E-state index contributed by atoms with van der Waals surface area (Å²) in [5.74, 6) is 1.83. The van der Waals surface area contributed by atoms with Crippen molar-refractivity contribution in [2.24, 2.45) is 5.92 Å². The van der Waals surface area contributed by atoms with Gasteiger partial charge in [-0.3, -0.25) is 0 Å². The van der Waals surface area contributed by atoms with Crippen LogP contribution in [0.4, 0.5) is 5.69 Å². The highest BCUT2D eigenvalue weighted by Crippen LogP contribution is 2.32. The summed E-state index contributed by atoms with van der Waals surface area (Å²) in [5, 5.41) is 12.8. The Hall–Kier alpha value is -1.18. The molecule has 1 aliphatic heterocycles. The Balaban J connectivity index is 2.06. The number of anilines is 1. The fraction of sp³-hybridized carbons (Fsp3) is 0.588. The van der Waals surface area contributed by atoms with Gasteiger partial charge in [-0.05, 0) is 56.7 Å². The maximum absolute atomic E-state index is 9.53. The Kier molecular flexibility index (Phi) is 6.41. The monoisotopic (exact) mass is 303 g/mol. The lowest BCUT2D eigenvalue weighted by Crippen LogP contribution is -2.35. The molecule has 1 saturated heterocycles. The third-order valence-corrected chi connectivity index (χ3v) is 5.11. The van der Waals surface area contributed by atoms with Crippen LogP contribution in [0.25, 0.3) is 0 Å². The van der Waals surface area contributed by atoms with Crippen molar-refractivity contribution in [1.29, 1.82) is 5.26 Å². The number of rotatable bonds is 6. The molecule has 3 nitrogen and oxygen atoms in total. The van der Waals surface area contributed by atoms with Crippen LogP contribution in [-0.4, -0.2) is 32.4 Å². The SMILES string of the molecule is CCSc1cccc(N2CCC(CCNC)CC2)c1C#N. The Morgan fingerprint density at radius 3 is 2.76 bits per heavy atom. The van der Waals surface area contributed by atoms with E-state index in [0.29, 0.717) is 0 Å². The van der Waals surface area contributed by atoms with E-state index in [-0.39, 0.29) is 0 Å². The molecule has 114 valence electrons. The Morgan fingerprint density at radius 2 is 2.14 bits per heavy atom. The van der Waals surface area contributed by atoms with Crippen molar-refractivity contribution in [2.75, 3.05) is 37.3 Å². The molecule has 0 radical (unpaired) electrons. The molecule has 1 aromatic carbocycles. The first-order valence-electron chi connectivity index (χ1n) is 7.85. The van der Waals surface area contributed by atoms with E-state index in [9.17, 15) is 5.26 Å². The molecule has 0 atom stereocenters. The summed E-state index contributed by atoms with van der Waals surface area (Å²) < 4.78 is 0. The van der Waals surface area contributed by atoms with Crippen LogP contribution in [-0.2, 0) is 0 Å². The molecule has 1 aromatic rings. The zero-order valence-electron chi connectivity index (χ0n) is 13.1. The van der Waals surface area contributed by atoms with Crippen molar-refractivity contribution in [3.05, 3.63) is 23.8 Å². The second-order valence-electron chi connectivity index (χ2n) is 5.52. The molecule has 0 aliphatic carbocycles. The third kappa shape index (κ3) is 4.15. The average molecular weight is 303 g/mol. The second-order valence-corrected chi connectivity index (χ2v) is 6.82. The molecule has 0 saturated carbocycles. The van der Waals surface area contributed by atoms with Gasteiger partial charge in [0.1, 0.15) is 6.07 Å². The topological polar surface area (TPSA) is 39.1 Å². The minimum atomic E-state index is 0.826. The predicted octanol–water partition coefficient (Wildman–Crippen LogP) is 3.50. The predicted molar refractivity (Wildman–Crippen MR) is 91.0 cm³/mol. The number of nitrogens with zero attached hydrogens (tertiary/aromatic N) is 2. The van der Waals surface area contributed by atoms with Crippen LogP contribution in [0.3, 0.4) is 0 Å². The third-order valence-electron chi connectivity index (χ3n) is 4.17. The van der Waals surface area contributed by atoms with Gasteiger partial charge in [0.05, 0.1) is 11.3 Å². The fourth-order valence-corrected chi connectivity index (χ4v) is 3.76. The molecule has 1 fully saturated rings. The summed E-state index contributed by atoms with van der Waals surface area (Å²) in [6.07, 6.45) is 3.73. The van der Waals surface area contributed by atoms with Gasteiger partial charge < -0.3 is 10.2 Å². The van der Waals surface area contributed by atoms with Gasteiger partial charge in [0.25, 0.3) is 0 Å². The number of nitriles is 1. The van der Waals surface area contributed by atoms with Crippen molar-refractivity contribution in [3.63, 3.8) is 0 Å². The zero-order chi connectivity index (χ0) is 15.1. The molecule has 0 spiro atoms. The number of hydrogen-bond donors (Lipinski definition) is 1.